The summed E-state index contributed by atoms with van der Waals surface area (Å²) in [7, 11) is 0. The summed E-state index contributed by atoms with van der Waals surface area (Å²) in [6.45, 7) is 0. The van der Waals surface area contributed by atoms with E-state index in [0.717, 1.165) is 18.7 Å². The van der Waals surface area contributed by atoms with Crippen LogP contribution in [0.15, 0.2) is 16.8 Å². The minimum atomic E-state index is 0.461. The Morgan fingerprint density at radius 2 is 2.38 bits per heavy atom. The molecule has 1 fully saturated rings. The third-order valence-corrected chi connectivity index (χ3v) is 2.95. The van der Waals surface area contributed by atoms with E-state index in [4.69, 9.17) is 9.78 Å². The Bertz CT molecular complexity index is 544. The molecule has 2 aromatic heterocycles. The molecule has 0 unspecified atom stereocenters. The van der Waals surface area contributed by atoms with Crippen molar-refractivity contribution in [2.75, 3.05) is 0 Å². The monoisotopic (exact) mass is 214 g/mol. The van der Waals surface area contributed by atoms with Crippen LogP contribution < -0.4 is 0 Å². The summed E-state index contributed by atoms with van der Waals surface area (Å²) < 4.78 is 5.16. The first-order chi connectivity index (χ1) is 7.86. The average molecular weight is 214 g/mol. The van der Waals surface area contributed by atoms with Gasteiger partial charge in [0.25, 0.3) is 5.89 Å². The molecule has 0 saturated heterocycles. The van der Waals surface area contributed by atoms with Gasteiger partial charge in [0, 0.05) is 12.1 Å². The summed E-state index contributed by atoms with van der Waals surface area (Å²) in [4.78, 5) is 7.27. The highest BCUT2D eigenvalue weighted by Crippen LogP contribution is 2.35. The van der Waals surface area contributed by atoms with E-state index in [2.05, 4.69) is 15.1 Å². The number of nitrogens with one attached hydrogen (secondary N) is 1. The van der Waals surface area contributed by atoms with E-state index < -0.39 is 0 Å². The molecule has 1 saturated carbocycles. The molecule has 0 amide bonds. The van der Waals surface area contributed by atoms with E-state index >= 15 is 0 Å². The molecule has 3 rings (SSSR count). The molecule has 0 aliphatic heterocycles. The lowest BCUT2D eigenvalue weighted by atomic mass is 9.85. The number of aromatic nitrogens is 3. The molecule has 0 bridgehead atoms. The van der Waals surface area contributed by atoms with Gasteiger partial charge >= 0.3 is 0 Å². The van der Waals surface area contributed by atoms with Crippen molar-refractivity contribution in [3.8, 4) is 17.7 Å². The van der Waals surface area contributed by atoms with Crippen molar-refractivity contribution in [2.24, 2.45) is 0 Å². The largest absolute Gasteiger partial charge is 0.356 e. The highest BCUT2D eigenvalue weighted by atomic mass is 16.5. The summed E-state index contributed by atoms with van der Waals surface area (Å²) >= 11 is 0. The standard InChI is InChI=1S/C11H10N4O/c12-5-7-4-9(13-6-7)11-14-10(15-16-11)8-2-1-3-8/h4,6,8,13H,1-3H2. The Morgan fingerprint density at radius 1 is 1.50 bits per heavy atom. The molecule has 5 nitrogen and oxygen atoms in total. The zero-order valence-corrected chi connectivity index (χ0v) is 8.60. The van der Waals surface area contributed by atoms with Gasteiger partial charge in [-0.1, -0.05) is 11.6 Å². The third-order valence-electron chi connectivity index (χ3n) is 2.95. The predicted molar refractivity (Wildman–Crippen MR) is 55.4 cm³/mol. The van der Waals surface area contributed by atoms with Gasteiger partial charge in [0.2, 0.25) is 0 Å². The maximum absolute atomic E-state index is 8.70. The normalized spacial score (nSPS) is 15.7. The van der Waals surface area contributed by atoms with Crippen LogP contribution in [0.25, 0.3) is 11.6 Å². The van der Waals surface area contributed by atoms with Crippen molar-refractivity contribution in [3.63, 3.8) is 0 Å². The first-order valence-electron chi connectivity index (χ1n) is 5.29. The Hall–Kier alpha value is -2.09. The lowest BCUT2D eigenvalue weighted by molar-refractivity contribution is 0.366. The van der Waals surface area contributed by atoms with Crippen molar-refractivity contribution in [3.05, 3.63) is 23.7 Å². The van der Waals surface area contributed by atoms with E-state index in [1.807, 2.05) is 6.07 Å². The maximum atomic E-state index is 8.70. The van der Waals surface area contributed by atoms with Crippen molar-refractivity contribution in [1.82, 2.24) is 15.1 Å². The van der Waals surface area contributed by atoms with Crippen LogP contribution in [0.2, 0.25) is 0 Å². The molecule has 0 atom stereocenters. The van der Waals surface area contributed by atoms with Crippen LogP contribution in [-0.4, -0.2) is 15.1 Å². The van der Waals surface area contributed by atoms with Crippen LogP contribution in [0.3, 0.4) is 0 Å². The number of hydrogen-bond acceptors (Lipinski definition) is 4. The molecule has 2 heterocycles. The fraction of sp³-hybridized carbons (Fsp3) is 0.364. The third kappa shape index (κ3) is 1.39. The van der Waals surface area contributed by atoms with Crippen LogP contribution >= 0.6 is 0 Å². The van der Waals surface area contributed by atoms with Gasteiger partial charge in [0.15, 0.2) is 5.82 Å². The molecule has 0 radical (unpaired) electrons. The first-order valence-corrected chi connectivity index (χ1v) is 5.29. The highest BCUT2D eigenvalue weighted by Gasteiger charge is 2.25. The summed E-state index contributed by atoms with van der Waals surface area (Å²) in [6, 6.07) is 3.75. The molecule has 5 heteroatoms. The molecule has 1 N–H and O–H groups in total. The lowest BCUT2D eigenvalue weighted by Crippen LogP contribution is -2.10. The second-order valence-electron chi connectivity index (χ2n) is 4.00. The summed E-state index contributed by atoms with van der Waals surface area (Å²) in [5, 5.41) is 12.7. The van der Waals surface area contributed by atoms with Crippen molar-refractivity contribution < 1.29 is 4.52 Å². The Kier molecular flexibility index (Phi) is 2.00. The highest BCUT2D eigenvalue weighted by molar-refractivity contribution is 5.51. The van der Waals surface area contributed by atoms with Gasteiger partial charge in [0.1, 0.15) is 11.8 Å². The van der Waals surface area contributed by atoms with E-state index in [0.29, 0.717) is 23.1 Å². The minimum absolute atomic E-state index is 0.461. The number of nitrogens with zero attached hydrogens (tertiary/aromatic N) is 3. The second kappa shape index (κ2) is 3.49. The summed E-state index contributed by atoms with van der Waals surface area (Å²) in [5.74, 6) is 1.71. The zero-order valence-electron chi connectivity index (χ0n) is 8.60. The SMILES string of the molecule is N#Cc1c[nH]c(-c2nc(C3CCC3)no2)c1. The molecule has 1 aliphatic carbocycles. The molecule has 0 aromatic carbocycles. The van der Waals surface area contributed by atoms with E-state index in [1.165, 1.54) is 6.42 Å². The van der Waals surface area contributed by atoms with Gasteiger partial charge in [-0.2, -0.15) is 10.2 Å². The molecule has 2 aromatic rings. The molecule has 1 aliphatic rings. The quantitative estimate of drug-likeness (QED) is 0.831. The van der Waals surface area contributed by atoms with E-state index in [9.17, 15) is 0 Å². The summed E-state index contributed by atoms with van der Waals surface area (Å²) in [5.41, 5.74) is 1.27. The van der Waals surface area contributed by atoms with Crippen LogP contribution in [0.5, 0.6) is 0 Å². The predicted octanol–water partition coefficient (Wildman–Crippen LogP) is 2.20. The average Bonchev–Trinajstić information content (AvgIpc) is 2.81. The fourth-order valence-corrected chi connectivity index (χ4v) is 1.76. The van der Waals surface area contributed by atoms with Crippen LogP contribution in [0.1, 0.15) is 36.6 Å². The zero-order chi connectivity index (χ0) is 11.0. The van der Waals surface area contributed by atoms with E-state index in [1.54, 1.807) is 12.3 Å². The van der Waals surface area contributed by atoms with Crippen LogP contribution in [0.4, 0.5) is 0 Å². The number of H-pyrrole nitrogens is 1. The van der Waals surface area contributed by atoms with Gasteiger partial charge in [0.05, 0.1) is 5.56 Å². The fourth-order valence-electron chi connectivity index (χ4n) is 1.76. The maximum Gasteiger partial charge on any atom is 0.274 e. The smallest absolute Gasteiger partial charge is 0.274 e. The van der Waals surface area contributed by atoms with Crippen molar-refractivity contribution >= 4 is 0 Å². The summed E-state index contributed by atoms with van der Waals surface area (Å²) in [6.07, 6.45) is 5.17. The van der Waals surface area contributed by atoms with Crippen LogP contribution in [0, 0.1) is 11.3 Å². The molecule has 16 heavy (non-hydrogen) atoms. The van der Waals surface area contributed by atoms with Gasteiger partial charge in [-0.25, -0.2) is 0 Å². The van der Waals surface area contributed by atoms with E-state index in [-0.39, 0.29) is 0 Å². The molecular weight excluding hydrogens is 204 g/mol. The number of rotatable bonds is 2. The molecule has 80 valence electrons. The number of aromatic amines is 1. The van der Waals surface area contributed by atoms with Crippen molar-refractivity contribution in [2.45, 2.75) is 25.2 Å². The number of nitriles is 1. The molecular formula is C11H10N4O. The van der Waals surface area contributed by atoms with Gasteiger partial charge in [-0.3, -0.25) is 0 Å². The Balaban J connectivity index is 1.89. The first kappa shape index (κ1) is 9.16. The Labute approximate surface area is 92.1 Å². The molecule has 0 spiro atoms. The van der Waals surface area contributed by atoms with Gasteiger partial charge in [-0.05, 0) is 18.9 Å². The second-order valence-corrected chi connectivity index (χ2v) is 4.00. The number of hydrogen-bond donors (Lipinski definition) is 1. The Morgan fingerprint density at radius 3 is 3.00 bits per heavy atom. The minimum Gasteiger partial charge on any atom is -0.356 e. The lowest BCUT2D eigenvalue weighted by Gasteiger charge is -2.20. The van der Waals surface area contributed by atoms with Gasteiger partial charge in [-0.15, -0.1) is 0 Å². The van der Waals surface area contributed by atoms with Gasteiger partial charge < -0.3 is 9.51 Å². The van der Waals surface area contributed by atoms with Crippen molar-refractivity contribution in [1.29, 1.82) is 5.26 Å². The topological polar surface area (TPSA) is 78.5 Å². The van der Waals surface area contributed by atoms with Crippen LogP contribution in [-0.2, 0) is 0 Å².